The van der Waals surface area contributed by atoms with Crippen LogP contribution in [0, 0.1) is 11.3 Å². The Morgan fingerprint density at radius 2 is 1.58 bits per heavy atom. The zero-order chi connectivity index (χ0) is 42.6. The van der Waals surface area contributed by atoms with Gasteiger partial charge in [-0.15, -0.1) is 0 Å². The number of aliphatic hydroxyl groups excluding tert-OH is 1. The summed E-state index contributed by atoms with van der Waals surface area (Å²) in [4.78, 5) is 52.7. The number of esters is 3. The van der Waals surface area contributed by atoms with E-state index in [0.29, 0.717) is 35.6 Å². The first kappa shape index (κ1) is 43.5. The van der Waals surface area contributed by atoms with Gasteiger partial charge >= 0.3 is 23.9 Å². The van der Waals surface area contributed by atoms with Gasteiger partial charge in [0, 0.05) is 57.6 Å². The van der Waals surface area contributed by atoms with Gasteiger partial charge in [0.15, 0.2) is 28.3 Å². The number of carbonyl (C=O) groups excluding carboxylic acids is 4. The maximum absolute atomic E-state index is 14.0. The summed E-state index contributed by atoms with van der Waals surface area (Å²) in [6.07, 6.45) is -5.34. The molecule has 0 radical (unpaired) electrons. The molecule has 7 atom stereocenters. The molecule has 1 saturated heterocycles. The number of anilines is 2. The lowest BCUT2D eigenvalue weighted by atomic mass is 9.56. The molecular weight excluding hydrogens is 783 g/mol. The molecule has 0 aromatic heterocycles. The van der Waals surface area contributed by atoms with Crippen molar-refractivity contribution in [1.82, 2.24) is 5.32 Å². The van der Waals surface area contributed by atoms with Gasteiger partial charge in [0.25, 0.3) is 0 Å². The molecule has 3 aromatic carbocycles. The van der Waals surface area contributed by atoms with E-state index in [0.717, 1.165) is 17.7 Å². The maximum atomic E-state index is 14.0. The van der Waals surface area contributed by atoms with Crippen LogP contribution < -0.4 is 15.5 Å². The molecule has 318 valence electrons. The Balaban J connectivity index is 1.31. The Bertz CT molecular complexity index is 2120. The molecule has 1 saturated carbocycles. The topological polar surface area (TPSA) is 196 Å². The molecule has 59 heavy (non-hydrogen) atoms. The summed E-state index contributed by atoms with van der Waals surface area (Å²) in [6, 6.07) is 20.3. The van der Waals surface area contributed by atoms with Crippen molar-refractivity contribution in [2.24, 2.45) is 11.3 Å². The predicted molar refractivity (Wildman–Crippen MR) is 216 cm³/mol. The smallest absolute Gasteiger partial charge is 0.321 e. The highest BCUT2D eigenvalue weighted by atomic mass is 32.2. The minimum Gasteiger partial charge on any atom is -0.463 e. The number of nitrogens with one attached hydrogen (secondary N) is 2. The lowest BCUT2D eigenvalue weighted by Crippen LogP contribution is -2.66. The van der Waals surface area contributed by atoms with Gasteiger partial charge in [-0.25, -0.2) is 13.2 Å². The summed E-state index contributed by atoms with van der Waals surface area (Å²) in [7, 11) is -0.0636. The van der Waals surface area contributed by atoms with Gasteiger partial charge in [-0.05, 0) is 65.8 Å². The molecule has 1 spiro atoms. The number of rotatable bonds is 12. The highest BCUT2D eigenvalue weighted by molar-refractivity contribution is 7.91. The second-order valence-corrected chi connectivity index (χ2v) is 17.8. The van der Waals surface area contributed by atoms with Crippen LogP contribution in [-0.2, 0) is 54.5 Å². The van der Waals surface area contributed by atoms with E-state index >= 15 is 0 Å². The summed E-state index contributed by atoms with van der Waals surface area (Å²) in [5.41, 5.74) is 2.05. The largest absolute Gasteiger partial charge is 0.463 e. The van der Waals surface area contributed by atoms with E-state index < -0.39 is 81.9 Å². The first-order valence-electron chi connectivity index (χ1n) is 19.7. The molecule has 2 fully saturated rings. The van der Waals surface area contributed by atoms with Crippen LogP contribution in [-0.4, -0.2) is 101 Å². The van der Waals surface area contributed by atoms with Crippen molar-refractivity contribution in [3.8, 4) is 0 Å². The van der Waals surface area contributed by atoms with Gasteiger partial charge in [-0.1, -0.05) is 55.8 Å². The van der Waals surface area contributed by atoms with Crippen LogP contribution in [0.4, 0.5) is 16.2 Å². The van der Waals surface area contributed by atoms with Crippen molar-refractivity contribution in [2.45, 2.75) is 101 Å². The normalized spacial score (nSPS) is 28.2. The highest BCUT2D eigenvalue weighted by Crippen LogP contribution is 2.57. The molecule has 3 N–H and O–H groups in total. The van der Waals surface area contributed by atoms with Crippen LogP contribution in [0.2, 0.25) is 0 Å². The number of hydrogen-bond donors (Lipinski definition) is 3. The monoisotopic (exact) mass is 835 g/mol. The average molecular weight is 836 g/mol. The van der Waals surface area contributed by atoms with Gasteiger partial charge < -0.3 is 44.3 Å². The van der Waals surface area contributed by atoms with E-state index in [2.05, 4.69) is 17.6 Å². The minimum absolute atomic E-state index is 0.000894. The number of fused-ring (bicyclic) bond motifs is 1. The second-order valence-electron chi connectivity index (χ2n) is 15.9. The molecule has 15 nitrogen and oxygen atoms in total. The van der Waals surface area contributed by atoms with Crippen molar-refractivity contribution in [3.05, 3.63) is 89.5 Å². The summed E-state index contributed by atoms with van der Waals surface area (Å²) >= 11 is 0. The van der Waals surface area contributed by atoms with Crippen LogP contribution >= 0.6 is 0 Å². The quantitative estimate of drug-likeness (QED) is 0.168. The molecule has 2 heterocycles. The molecule has 16 heteroatoms. The zero-order valence-electron chi connectivity index (χ0n) is 34.1. The highest BCUT2D eigenvalue weighted by Gasteiger charge is 2.56. The Hall–Kier alpha value is -5.03. The van der Waals surface area contributed by atoms with Crippen molar-refractivity contribution in [2.75, 3.05) is 36.7 Å². The van der Waals surface area contributed by atoms with E-state index in [1.54, 1.807) is 36.4 Å². The first-order valence-corrected chi connectivity index (χ1v) is 21.3. The van der Waals surface area contributed by atoms with Crippen molar-refractivity contribution in [1.29, 1.82) is 0 Å². The Morgan fingerprint density at radius 1 is 0.881 bits per heavy atom. The maximum Gasteiger partial charge on any atom is 0.321 e. The fourth-order valence-electron chi connectivity index (χ4n) is 8.59. The van der Waals surface area contributed by atoms with E-state index in [9.17, 15) is 32.7 Å². The third-order valence-electron chi connectivity index (χ3n) is 11.3. The van der Waals surface area contributed by atoms with Crippen LogP contribution in [0.25, 0.3) is 0 Å². The molecule has 2 amide bonds. The third-order valence-corrected chi connectivity index (χ3v) is 13.3. The molecule has 3 aromatic rings. The first-order chi connectivity index (χ1) is 28.0. The average Bonchev–Trinajstić information content (AvgIpc) is 3.23. The molecule has 6 rings (SSSR count). The fourth-order valence-corrected chi connectivity index (χ4v) is 10.7. The Kier molecular flexibility index (Phi) is 13.3. The van der Waals surface area contributed by atoms with Gasteiger partial charge in [-0.2, -0.15) is 0 Å². The summed E-state index contributed by atoms with van der Waals surface area (Å²) in [5, 5.41) is 17.8. The van der Waals surface area contributed by atoms with Crippen LogP contribution in [0.1, 0.15) is 69.6 Å². The Morgan fingerprint density at radius 3 is 2.22 bits per heavy atom. The van der Waals surface area contributed by atoms with E-state index in [1.165, 1.54) is 20.8 Å². The number of amides is 2. The van der Waals surface area contributed by atoms with Gasteiger partial charge in [0.05, 0.1) is 23.4 Å². The number of benzene rings is 3. The number of urea groups is 1. The van der Waals surface area contributed by atoms with E-state index in [4.69, 9.17) is 23.7 Å². The van der Waals surface area contributed by atoms with Gasteiger partial charge in [0.1, 0.15) is 18.8 Å². The van der Waals surface area contributed by atoms with Crippen molar-refractivity contribution >= 4 is 45.2 Å². The van der Waals surface area contributed by atoms with Gasteiger partial charge in [-0.3, -0.25) is 14.4 Å². The summed E-state index contributed by atoms with van der Waals surface area (Å²) in [6.45, 7) is 5.24. The fraction of sp³-hybridized carbons (Fsp3) is 0.488. The molecule has 0 unspecified atom stereocenters. The molecular formula is C43H53N3O12S. The standard InChI is InChI=1S/C43H53N3O12S/c1-7-28-20-43(21-28)24-59(52,53)35-17-16-32(46(5)6)19-33(35)36(40(43)50)30-14-11-15-31(18-30)44-42(51)45-41-39(57-27(4)49)38(55-22-29-12-9-8-10-13-29)37(56-26(3)48)34(58-41)23-54-25(2)47/h8-19,28,34,36-41,50H,7,20-24H2,1-6H3,(H2,44,45,51)/t28?,34-,36-,37-,38+,39-,40-,41-,43?/m1/s1. The van der Waals surface area contributed by atoms with Crippen molar-refractivity contribution in [3.63, 3.8) is 0 Å². The minimum atomic E-state index is -3.78. The van der Waals surface area contributed by atoms with E-state index in [1.807, 2.05) is 55.4 Å². The molecule has 0 bridgehead atoms. The summed E-state index contributed by atoms with van der Waals surface area (Å²) < 4.78 is 57.0. The van der Waals surface area contributed by atoms with Crippen LogP contribution in [0.5, 0.6) is 0 Å². The number of aliphatic hydroxyl groups is 1. The van der Waals surface area contributed by atoms with Crippen LogP contribution in [0.3, 0.4) is 0 Å². The van der Waals surface area contributed by atoms with E-state index in [-0.39, 0.29) is 23.9 Å². The lowest BCUT2D eigenvalue weighted by molar-refractivity contribution is -0.260. The number of sulfone groups is 1. The molecule has 1 aliphatic carbocycles. The van der Waals surface area contributed by atoms with Crippen LogP contribution in [0.15, 0.2) is 77.7 Å². The zero-order valence-corrected chi connectivity index (χ0v) is 34.9. The van der Waals surface area contributed by atoms with Crippen molar-refractivity contribution < 1.29 is 56.4 Å². The molecule has 3 aliphatic rings. The summed E-state index contributed by atoms with van der Waals surface area (Å²) in [5.74, 6) is -2.68. The number of hydrogen-bond acceptors (Lipinski definition) is 13. The second kappa shape index (κ2) is 18.1. The van der Waals surface area contributed by atoms with Gasteiger partial charge in [0.2, 0.25) is 0 Å². The number of nitrogens with zero attached hydrogens (tertiary/aromatic N) is 1. The molecule has 2 aliphatic heterocycles. The third kappa shape index (κ3) is 9.89. The number of carbonyl (C=O) groups is 4. The Labute approximate surface area is 344 Å². The lowest BCUT2D eigenvalue weighted by Gasteiger charge is -2.51. The SMILES string of the molecule is CCC1CC2(C1)CS(=O)(=O)c1ccc(N(C)C)cc1[C@@H](c1cccc(NC(=O)N[C@@H]3O[C@H](COC(C)=O)[C@@H](OC(C)=O)[C@H](OCc4ccccc4)[C@H]3OC(C)=O)c1)[C@H]2O. The predicted octanol–water partition coefficient (Wildman–Crippen LogP) is 4.70. The number of ether oxygens (including phenoxy) is 5.